The molecule has 0 saturated carbocycles. The van der Waals surface area contributed by atoms with Crippen LogP contribution in [0.1, 0.15) is 58.0 Å². The summed E-state index contributed by atoms with van der Waals surface area (Å²) >= 11 is 0. The number of benzene rings is 2. The zero-order valence-electron chi connectivity index (χ0n) is 16.5. The normalized spacial score (nSPS) is 14.3. The van der Waals surface area contributed by atoms with Gasteiger partial charge in [-0.1, -0.05) is 56.3 Å². The number of amides is 2. The topological polar surface area (TPSA) is 80.8 Å². The van der Waals surface area contributed by atoms with Crippen molar-refractivity contribution in [3.8, 4) is 0 Å². The molecule has 29 heavy (non-hydrogen) atoms. The quantitative estimate of drug-likeness (QED) is 0.410. The van der Waals surface area contributed by atoms with Gasteiger partial charge in [-0.25, -0.2) is 0 Å². The Morgan fingerprint density at radius 3 is 2.45 bits per heavy atom. The Bertz CT molecular complexity index is 948. The molecule has 2 amide bonds. The maximum Gasteiger partial charge on any atom is 0.326 e. The Kier molecular flexibility index (Phi) is 6.22. The third-order valence-electron chi connectivity index (χ3n) is 5.20. The van der Waals surface area contributed by atoms with Gasteiger partial charge in [0.1, 0.15) is 6.54 Å². The Morgan fingerprint density at radius 1 is 1.07 bits per heavy atom. The summed E-state index contributed by atoms with van der Waals surface area (Å²) in [5.74, 6) is -1.72. The van der Waals surface area contributed by atoms with Gasteiger partial charge in [0.05, 0.1) is 6.42 Å². The third-order valence-corrected chi connectivity index (χ3v) is 5.20. The summed E-state index contributed by atoms with van der Waals surface area (Å²) in [6, 6.07) is 14.0. The lowest BCUT2D eigenvalue weighted by molar-refractivity contribution is -0.146. The van der Waals surface area contributed by atoms with Crippen molar-refractivity contribution in [3.05, 3.63) is 70.8 Å². The van der Waals surface area contributed by atoms with Crippen LogP contribution in [-0.2, 0) is 20.7 Å². The van der Waals surface area contributed by atoms with Crippen molar-refractivity contribution in [2.75, 3.05) is 13.2 Å². The molecule has 1 aliphatic heterocycles. The first-order valence-corrected chi connectivity index (χ1v) is 9.62. The number of rotatable bonds is 7. The minimum Gasteiger partial charge on any atom is -0.456 e. The summed E-state index contributed by atoms with van der Waals surface area (Å²) in [5, 5.41) is 0. The van der Waals surface area contributed by atoms with Crippen LogP contribution in [0.3, 0.4) is 0 Å². The highest BCUT2D eigenvalue weighted by atomic mass is 16.5. The van der Waals surface area contributed by atoms with Crippen molar-refractivity contribution in [2.24, 2.45) is 0 Å². The largest absolute Gasteiger partial charge is 0.456 e. The van der Waals surface area contributed by atoms with E-state index in [1.807, 2.05) is 12.1 Å². The summed E-state index contributed by atoms with van der Waals surface area (Å²) in [5.41, 5.74) is 2.63. The molecule has 0 saturated heterocycles. The number of ether oxygens (including phenoxy) is 1. The van der Waals surface area contributed by atoms with E-state index in [1.165, 1.54) is 0 Å². The summed E-state index contributed by atoms with van der Waals surface area (Å²) in [4.78, 5) is 49.9. The van der Waals surface area contributed by atoms with Crippen LogP contribution in [0.4, 0.5) is 0 Å². The molecule has 6 nitrogen and oxygen atoms in total. The zero-order valence-corrected chi connectivity index (χ0v) is 16.5. The lowest BCUT2D eigenvalue weighted by Gasteiger charge is -2.25. The van der Waals surface area contributed by atoms with Crippen molar-refractivity contribution in [3.63, 3.8) is 0 Å². The lowest BCUT2D eigenvalue weighted by Crippen LogP contribution is -2.45. The van der Waals surface area contributed by atoms with E-state index in [0.717, 1.165) is 16.9 Å². The van der Waals surface area contributed by atoms with E-state index in [1.54, 1.807) is 36.4 Å². The summed E-state index contributed by atoms with van der Waals surface area (Å²) in [6.07, 6.45) is 1.06. The molecule has 3 rings (SSSR count). The second-order valence-corrected chi connectivity index (χ2v) is 7.13. The van der Waals surface area contributed by atoms with Gasteiger partial charge < -0.3 is 4.74 Å². The number of carbonyl (C=O) groups excluding carboxylic acids is 4. The van der Waals surface area contributed by atoms with E-state index in [9.17, 15) is 19.2 Å². The van der Waals surface area contributed by atoms with E-state index in [4.69, 9.17) is 4.74 Å². The van der Waals surface area contributed by atoms with Crippen LogP contribution in [0, 0.1) is 0 Å². The predicted octanol–water partition coefficient (Wildman–Crippen LogP) is 3.15. The monoisotopic (exact) mass is 393 g/mol. The molecule has 0 spiro atoms. The van der Waals surface area contributed by atoms with Crippen molar-refractivity contribution in [1.29, 1.82) is 0 Å². The first-order chi connectivity index (χ1) is 13.9. The Balaban J connectivity index is 1.56. The molecule has 2 aromatic carbocycles. The molecule has 0 fully saturated rings. The zero-order chi connectivity index (χ0) is 21.0. The molecule has 6 heteroatoms. The smallest absolute Gasteiger partial charge is 0.326 e. The highest BCUT2D eigenvalue weighted by Crippen LogP contribution is 2.20. The Morgan fingerprint density at radius 2 is 1.76 bits per heavy atom. The molecule has 0 bridgehead atoms. The average Bonchev–Trinajstić information content (AvgIpc) is 2.74. The first kappa shape index (κ1) is 20.5. The van der Waals surface area contributed by atoms with Crippen LogP contribution in [0.25, 0.3) is 0 Å². The van der Waals surface area contributed by atoms with E-state index in [0.29, 0.717) is 22.6 Å². The molecular formula is C23H23NO5. The van der Waals surface area contributed by atoms with Gasteiger partial charge in [-0.15, -0.1) is 0 Å². The van der Waals surface area contributed by atoms with Crippen LogP contribution in [0.15, 0.2) is 48.5 Å². The Labute approximate surface area is 169 Å². The van der Waals surface area contributed by atoms with Crippen molar-refractivity contribution < 1.29 is 23.9 Å². The lowest BCUT2D eigenvalue weighted by atomic mass is 9.97. The second-order valence-electron chi connectivity index (χ2n) is 7.13. The highest BCUT2D eigenvalue weighted by molar-refractivity contribution is 6.11. The highest BCUT2D eigenvalue weighted by Gasteiger charge is 2.32. The number of fused-ring (bicyclic) bond motifs is 1. The average molecular weight is 393 g/mol. The Hall–Kier alpha value is -3.28. The summed E-state index contributed by atoms with van der Waals surface area (Å²) in [7, 11) is 0. The number of carbonyl (C=O) groups is 4. The molecule has 1 atom stereocenters. The number of Topliss-reactive ketones (excluding diaryl/α,β-unsaturated/α-hetero) is 1. The van der Waals surface area contributed by atoms with Crippen molar-refractivity contribution in [2.45, 2.75) is 32.6 Å². The molecule has 1 aliphatic rings. The fourth-order valence-electron chi connectivity index (χ4n) is 3.20. The number of ketones is 1. The van der Waals surface area contributed by atoms with Gasteiger partial charge in [-0.2, -0.15) is 0 Å². The molecule has 2 aromatic rings. The first-order valence-electron chi connectivity index (χ1n) is 9.62. The maximum absolute atomic E-state index is 12.5. The molecule has 150 valence electrons. The van der Waals surface area contributed by atoms with E-state index < -0.39 is 30.9 Å². The summed E-state index contributed by atoms with van der Waals surface area (Å²) < 4.78 is 5.01. The van der Waals surface area contributed by atoms with Crippen LogP contribution in [0.5, 0.6) is 0 Å². The van der Waals surface area contributed by atoms with Crippen LogP contribution < -0.4 is 0 Å². The number of nitrogens with zero attached hydrogens (tertiary/aromatic N) is 1. The van der Waals surface area contributed by atoms with E-state index >= 15 is 0 Å². The van der Waals surface area contributed by atoms with Gasteiger partial charge in [0.15, 0.2) is 12.4 Å². The number of esters is 1. The van der Waals surface area contributed by atoms with Crippen LogP contribution in [0.2, 0.25) is 0 Å². The SMILES string of the molecule is CC[C@@H](C)c1ccc(C(=O)COC(=O)CN2C(=O)Cc3ccccc3C2=O)cc1. The molecule has 0 radical (unpaired) electrons. The van der Waals surface area contributed by atoms with Crippen LogP contribution >= 0.6 is 0 Å². The minimum absolute atomic E-state index is 0.0522. The van der Waals surface area contributed by atoms with Gasteiger partial charge in [-0.3, -0.25) is 24.1 Å². The fourth-order valence-corrected chi connectivity index (χ4v) is 3.20. The fraction of sp³-hybridized carbons (Fsp3) is 0.304. The maximum atomic E-state index is 12.5. The van der Waals surface area contributed by atoms with Gasteiger partial charge in [0, 0.05) is 11.1 Å². The standard InChI is InChI=1S/C23H23NO5/c1-3-15(2)16-8-10-17(11-9-16)20(25)14-29-22(27)13-24-21(26)12-18-6-4-5-7-19(18)23(24)28/h4-11,15H,3,12-14H2,1-2H3/t15-/m1/s1. The van der Waals surface area contributed by atoms with Gasteiger partial charge in [-0.05, 0) is 29.5 Å². The van der Waals surface area contributed by atoms with Crippen LogP contribution in [-0.4, -0.2) is 41.6 Å². The number of hydrogen-bond donors (Lipinski definition) is 0. The third kappa shape index (κ3) is 4.59. The second kappa shape index (κ2) is 8.82. The van der Waals surface area contributed by atoms with Crippen molar-refractivity contribution in [1.82, 2.24) is 4.90 Å². The van der Waals surface area contributed by atoms with Gasteiger partial charge >= 0.3 is 5.97 Å². The molecule has 0 N–H and O–H groups in total. The van der Waals surface area contributed by atoms with Gasteiger partial charge in [0.2, 0.25) is 5.91 Å². The number of hydrogen-bond acceptors (Lipinski definition) is 5. The molecule has 0 aliphatic carbocycles. The molecule has 1 heterocycles. The predicted molar refractivity (Wildman–Crippen MR) is 107 cm³/mol. The summed E-state index contributed by atoms with van der Waals surface area (Å²) in [6.45, 7) is 3.26. The van der Waals surface area contributed by atoms with E-state index in [2.05, 4.69) is 13.8 Å². The van der Waals surface area contributed by atoms with E-state index in [-0.39, 0.29) is 12.2 Å². The van der Waals surface area contributed by atoms with Crippen molar-refractivity contribution >= 4 is 23.6 Å². The minimum atomic E-state index is -0.796. The van der Waals surface area contributed by atoms with Gasteiger partial charge in [0.25, 0.3) is 5.91 Å². The molecule has 0 aromatic heterocycles. The molecule has 0 unspecified atom stereocenters. The molecular weight excluding hydrogens is 370 g/mol. The number of imide groups is 1.